The van der Waals surface area contributed by atoms with Crippen LogP contribution in [0.4, 0.5) is 52.1 Å². The molecule has 0 radical (unpaired) electrons. The van der Waals surface area contributed by atoms with E-state index in [9.17, 15) is 36.0 Å². The van der Waals surface area contributed by atoms with Gasteiger partial charge in [0.05, 0.1) is 126 Å². The topological polar surface area (TPSA) is 374 Å². The Morgan fingerprint density at radius 1 is 0.677 bits per heavy atom. The number of carbonyl (C=O) groups is 3. The van der Waals surface area contributed by atoms with Crippen molar-refractivity contribution in [3.63, 3.8) is 0 Å². The largest absolute Gasteiger partial charge is 0.382 e. The first-order chi connectivity index (χ1) is 47.6. The van der Waals surface area contributed by atoms with E-state index < -0.39 is 50.2 Å². The number of ether oxygens (including phenoxy) is 1. The number of nitrogen functional groups attached to an aromatic ring is 3. The van der Waals surface area contributed by atoms with Gasteiger partial charge in [0.1, 0.15) is 22.5 Å². The molecule has 99 heavy (non-hydrogen) atoms. The third kappa shape index (κ3) is 14.4. The molecule has 29 nitrogen and oxygen atoms in total. The summed E-state index contributed by atoms with van der Waals surface area (Å²) in [5.74, 6) is -3.51. The van der Waals surface area contributed by atoms with E-state index in [-0.39, 0.29) is 79.2 Å². The van der Waals surface area contributed by atoms with Crippen molar-refractivity contribution in [3.05, 3.63) is 163 Å². The van der Waals surface area contributed by atoms with E-state index in [1.54, 1.807) is 62.0 Å². The number of amides is 3. The summed E-state index contributed by atoms with van der Waals surface area (Å²) in [4.78, 5) is 73.8. The van der Waals surface area contributed by atoms with Crippen LogP contribution in [0.1, 0.15) is 53.0 Å². The number of hydrogen-bond acceptors (Lipinski definition) is 23. The molecule has 0 aliphatic carbocycles. The SMILES string of the molecule is CNCc1ccc(-c2cc(-c3nc(-c4ccc(S(=O)(=O)C(C)C)cc4)cnc3N)on2)cc1.Cn1cncc1-c1c(F)cncc1NC(=O)c1c(N)nn2cc(F)cnc12.Nc1nn2cc(F)cnc2c1C(=O)Nc1cncc(F)c1N1CCC(C(=O)N2CCN(C3COC3)CC2)CC1. The van der Waals surface area contributed by atoms with Crippen molar-refractivity contribution in [3.8, 4) is 45.2 Å². The Labute approximate surface area is 562 Å². The number of anilines is 6. The molecular weight excluding hydrogens is 1310 g/mol. The Bertz CT molecular complexity index is 4920. The maximum absolute atomic E-state index is 15.0. The molecule has 12 heterocycles. The van der Waals surface area contributed by atoms with E-state index in [2.05, 4.69) is 71.1 Å². The number of benzene rings is 2. The van der Waals surface area contributed by atoms with Crippen molar-refractivity contribution in [1.82, 2.24) is 79.0 Å². The Kier molecular flexibility index (Phi) is 19.6. The maximum Gasteiger partial charge on any atom is 0.263 e. The smallest absolute Gasteiger partial charge is 0.263 e. The molecule has 3 fully saturated rings. The van der Waals surface area contributed by atoms with Crippen molar-refractivity contribution in [2.45, 2.75) is 49.4 Å². The maximum atomic E-state index is 15.0. The summed E-state index contributed by atoms with van der Waals surface area (Å²) in [5.41, 5.74) is 23.2. The molecule has 34 heteroatoms. The van der Waals surface area contributed by atoms with Gasteiger partial charge >= 0.3 is 0 Å². The normalized spacial score (nSPS) is 14.6. The number of aromatic nitrogens is 13. The number of hydrogen-bond donors (Lipinski definition) is 6. The van der Waals surface area contributed by atoms with Crippen molar-refractivity contribution in [2.75, 3.05) is 92.3 Å². The van der Waals surface area contributed by atoms with Crippen LogP contribution in [-0.2, 0) is 33.0 Å². The predicted octanol–water partition coefficient (Wildman–Crippen LogP) is 6.58. The molecule has 3 aliphatic heterocycles. The zero-order chi connectivity index (χ0) is 69.8. The number of rotatable bonds is 15. The lowest BCUT2D eigenvalue weighted by atomic mass is 9.94. The lowest BCUT2D eigenvalue weighted by Crippen LogP contribution is -2.58. The number of sulfone groups is 1. The summed E-state index contributed by atoms with van der Waals surface area (Å²) < 4.78 is 95.6. The van der Waals surface area contributed by atoms with Crippen LogP contribution in [0.5, 0.6) is 0 Å². The van der Waals surface area contributed by atoms with Gasteiger partial charge in [-0.1, -0.05) is 41.6 Å². The molecule has 3 amide bonds. The predicted molar refractivity (Wildman–Crippen MR) is 357 cm³/mol. The van der Waals surface area contributed by atoms with E-state index in [4.69, 9.17) is 26.5 Å². The standard InChI is InChI=1S/C25H29F2N9O3.C24H25N5O3S.C16H12F2N8O/c26-16-9-30-23-20(22(28)32-36(23)12-16)24(37)31-19-11-29-10-18(27)21(19)34-3-1-15(2-4-34)25(38)35-7-5-33(6-8-35)17-13-39-14-17;1-15(2)33(30,31)19-10-8-18(9-11-19)21-14-27-24(25)23(28-21)22-12-20(29-32-22)17-6-4-16(5-7-17)13-26-3;1-25-7-21-5-11(25)12-9(18)3-20-4-10(12)23-16(27)13-14(19)24-26-6-8(17)2-22-15(13)26/h9-12,15,17H,1-8,13-14H2,(H2,28,32)(H,31,37);4-12,14-15,26H,13H2,1-3H3,(H2,25,27);2-7H,1H3,(H2,19,24)(H,23,27). The minimum atomic E-state index is -3.35. The van der Waals surface area contributed by atoms with Crippen molar-refractivity contribution >= 4 is 73.4 Å². The molecule has 0 bridgehead atoms. The van der Waals surface area contributed by atoms with Crippen LogP contribution in [0.3, 0.4) is 0 Å². The first-order valence-corrected chi connectivity index (χ1v) is 32.7. The average molecular weight is 1380 g/mol. The first kappa shape index (κ1) is 67.6. The second-order valence-electron chi connectivity index (χ2n) is 23.7. The van der Waals surface area contributed by atoms with Gasteiger partial charge in [-0.3, -0.25) is 29.3 Å². The van der Waals surface area contributed by atoms with Gasteiger partial charge in [-0.25, -0.2) is 59.9 Å². The van der Waals surface area contributed by atoms with Crippen LogP contribution in [0.25, 0.3) is 56.5 Å². The third-order valence-corrected chi connectivity index (χ3v) is 19.1. The van der Waals surface area contributed by atoms with Crippen LogP contribution < -0.4 is 38.1 Å². The molecule has 0 saturated carbocycles. The van der Waals surface area contributed by atoms with Crippen molar-refractivity contribution < 1.29 is 49.6 Å². The molecule has 3 saturated heterocycles. The summed E-state index contributed by atoms with van der Waals surface area (Å²) in [6.07, 6.45) is 14.4. The van der Waals surface area contributed by atoms with Gasteiger partial charge in [0.15, 0.2) is 73.3 Å². The van der Waals surface area contributed by atoms with Gasteiger partial charge in [0.25, 0.3) is 11.8 Å². The van der Waals surface area contributed by atoms with Gasteiger partial charge in [-0.2, -0.15) is 0 Å². The van der Waals surface area contributed by atoms with Crippen LogP contribution in [-0.4, -0.2) is 171 Å². The Hall–Kier alpha value is -11.4. The van der Waals surface area contributed by atoms with Crippen LogP contribution in [0.15, 0.2) is 132 Å². The number of pyridine rings is 2. The highest BCUT2D eigenvalue weighted by molar-refractivity contribution is 7.92. The molecule has 11 aromatic rings. The molecule has 0 atom stereocenters. The van der Waals surface area contributed by atoms with Gasteiger partial charge < -0.3 is 56.8 Å². The van der Waals surface area contributed by atoms with E-state index >= 15 is 4.39 Å². The van der Waals surface area contributed by atoms with Crippen LogP contribution in [0.2, 0.25) is 0 Å². The first-order valence-electron chi connectivity index (χ1n) is 31.1. The Balaban J connectivity index is 0.000000143. The van der Waals surface area contributed by atoms with Crippen molar-refractivity contribution in [2.24, 2.45) is 13.0 Å². The highest BCUT2D eigenvalue weighted by Gasteiger charge is 2.35. The lowest BCUT2D eigenvalue weighted by molar-refractivity contribution is -0.140. The van der Waals surface area contributed by atoms with Crippen LogP contribution in [0, 0.1) is 29.2 Å². The summed E-state index contributed by atoms with van der Waals surface area (Å²) in [6, 6.07) is 16.8. The zero-order valence-corrected chi connectivity index (χ0v) is 54.5. The monoisotopic (exact) mass is 1370 g/mol. The lowest BCUT2D eigenvalue weighted by Gasteiger charge is -2.43. The van der Waals surface area contributed by atoms with E-state index in [1.807, 2.05) is 41.1 Å². The molecule has 512 valence electrons. The Morgan fingerprint density at radius 2 is 1.26 bits per heavy atom. The second-order valence-corrected chi connectivity index (χ2v) is 26.2. The fourth-order valence-electron chi connectivity index (χ4n) is 11.6. The summed E-state index contributed by atoms with van der Waals surface area (Å²) in [7, 11) is 0.246. The molecule has 0 unspecified atom stereocenters. The number of nitrogens with one attached hydrogen (secondary N) is 3. The molecular formula is C65H66F4N22O7S. The average Bonchev–Trinajstić information content (AvgIpc) is 1.65. The van der Waals surface area contributed by atoms with E-state index in [1.165, 1.54) is 30.5 Å². The number of nitrogens with two attached hydrogens (primary N) is 3. The quantitative estimate of drug-likeness (QED) is 0.0590. The third-order valence-electron chi connectivity index (χ3n) is 16.9. The molecule has 9 aromatic heterocycles. The number of piperidine rings is 1. The number of aryl methyl sites for hydroxylation is 1. The highest BCUT2D eigenvalue weighted by Crippen LogP contribution is 2.36. The molecule has 14 rings (SSSR count). The summed E-state index contributed by atoms with van der Waals surface area (Å²) in [6.45, 7) is 9.64. The number of carbonyl (C=O) groups excluding carboxylic acids is 3. The highest BCUT2D eigenvalue weighted by atomic mass is 32.2. The zero-order valence-electron chi connectivity index (χ0n) is 53.7. The summed E-state index contributed by atoms with van der Waals surface area (Å²) >= 11 is 0. The second kappa shape index (κ2) is 28.8. The number of piperazine rings is 1. The van der Waals surface area contributed by atoms with Gasteiger partial charge in [-0.15, -0.1) is 10.2 Å². The summed E-state index contributed by atoms with van der Waals surface area (Å²) in [5, 5.41) is 19.8. The molecule has 3 aliphatic rings. The molecule has 2 aromatic carbocycles. The van der Waals surface area contributed by atoms with Gasteiger partial charge in [0.2, 0.25) is 5.91 Å². The fourth-order valence-corrected chi connectivity index (χ4v) is 12.6. The fraction of sp³-hybridized carbons (Fsp3) is 0.277. The van der Waals surface area contributed by atoms with Gasteiger partial charge in [-0.05, 0) is 51.4 Å². The van der Waals surface area contributed by atoms with E-state index in [0.717, 1.165) is 84.6 Å². The number of halogens is 4. The number of fused-ring (bicyclic) bond motifs is 2. The minimum Gasteiger partial charge on any atom is -0.382 e. The van der Waals surface area contributed by atoms with Crippen molar-refractivity contribution in [1.29, 1.82) is 0 Å². The Morgan fingerprint density at radius 3 is 1.84 bits per heavy atom. The number of imidazole rings is 1. The molecule has 9 N–H and O–H groups in total. The molecule has 0 spiro atoms. The van der Waals surface area contributed by atoms with E-state index in [0.29, 0.717) is 79.2 Å². The van der Waals surface area contributed by atoms with Gasteiger partial charge in [0, 0.05) is 76.0 Å². The minimum absolute atomic E-state index is 0.0561. The van der Waals surface area contributed by atoms with Crippen LogP contribution >= 0.6 is 0 Å². The number of nitrogens with zero attached hydrogens (tertiary/aromatic N) is 16.